The van der Waals surface area contributed by atoms with Gasteiger partial charge in [0.25, 0.3) is 0 Å². The van der Waals surface area contributed by atoms with E-state index in [4.69, 9.17) is 21.7 Å². The minimum absolute atomic E-state index is 0.0852. The number of piperidine rings is 1. The zero-order chi connectivity index (χ0) is 26.1. The third-order valence-electron chi connectivity index (χ3n) is 6.77. The van der Waals surface area contributed by atoms with Crippen LogP contribution in [0.15, 0.2) is 28.4 Å². The molecule has 0 radical (unpaired) electrons. The summed E-state index contributed by atoms with van der Waals surface area (Å²) in [6.07, 6.45) is 7.54. The van der Waals surface area contributed by atoms with Gasteiger partial charge in [0.15, 0.2) is 5.82 Å². The lowest BCUT2D eigenvalue weighted by atomic mass is 9.74. The van der Waals surface area contributed by atoms with Crippen LogP contribution >= 0.6 is 46.0 Å². The van der Waals surface area contributed by atoms with Crippen molar-refractivity contribution in [1.82, 2.24) is 19.7 Å². The standard InChI is InChI=1S/C23H30ClIN6O3S2/c1-22(2,3)36(34)30-15-5-4-7-23(15)8-11-31(12-9-23)16-13-27-20(18(25)28-16)35-14-6-10-26-19(17(14)24)29-21(32)33/h6,10,13,15,30H,4-5,7-9,11-12H2,1-3H3,(H,26,29)(H,32,33)/t15-,36-/m1/s1. The summed E-state index contributed by atoms with van der Waals surface area (Å²) in [4.78, 5) is 27.3. The van der Waals surface area contributed by atoms with Crippen LogP contribution in [0, 0.1) is 9.12 Å². The second kappa shape index (κ2) is 11.4. The first-order valence-corrected chi connectivity index (χ1v) is 15.2. The molecule has 2 aliphatic rings. The largest absolute Gasteiger partial charge is 0.598 e. The van der Waals surface area contributed by atoms with Crippen LogP contribution in [0.4, 0.5) is 16.4 Å². The van der Waals surface area contributed by atoms with Crippen LogP contribution in [-0.4, -0.2) is 54.6 Å². The Morgan fingerprint density at radius 1 is 1.33 bits per heavy atom. The van der Waals surface area contributed by atoms with E-state index in [2.05, 4.69) is 47.5 Å². The normalized spacial score (nSPS) is 20.5. The first kappa shape index (κ1) is 28.0. The molecule has 2 aromatic heterocycles. The van der Waals surface area contributed by atoms with E-state index in [1.165, 1.54) is 30.8 Å². The Balaban J connectivity index is 1.41. The lowest BCUT2D eigenvalue weighted by Crippen LogP contribution is -2.53. The highest BCUT2D eigenvalue weighted by molar-refractivity contribution is 14.1. The molecular formula is C23H30ClIN6O3S2. The summed E-state index contributed by atoms with van der Waals surface area (Å²) < 4.78 is 16.7. The van der Waals surface area contributed by atoms with E-state index < -0.39 is 17.5 Å². The van der Waals surface area contributed by atoms with Gasteiger partial charge in [-0.3, -0.25) is 5.32 Å². The molecule has 2 aromatic rings. The van der Waals surface area contributed by atoms with E-state index in [0.717, 1.165) is 41.9 Å². The van der Waals surface area contributed by atoms with Gasteiger partial charge in [0, 0.05) is 35.5 Å². The summed E-state index contributed by atoms with van der Waals surface area (Å²) in [5.41, 5.74) is 0.188. The number of anilines is 2. The fourth-order valence-corrected chi connectivity index (χ4v) is 7.50. The summed E-state index contributed by atoms with van der Waals surface area (Å²) in [6.45, 7) is 7.81. The molecule has 9 nitrogen and oxygen atoms in total. The zero-order valence-electron chi connectivity index (χ0n) is 20.4. The van der Waals surface area contributed by atoms with Gasteiger partial charge < -0.3 is 14.6 Å². The molecule has 1 saturated carbocycles. The van der Waals surface area contributed by atoms with Crippen LogP contribution in [0.1, 0.15) is 52.9 Å². The van der Waals surface area contributed by atoms with Crippen molar-refractivity contribution in [2.24, 2.45) is 5.41 Å². The summed E-state index contributed by atoms with van der Waals surface area (Å²) in [5, 5.41) is 12.1. The van der Waals surface area contributed by atoms with Crippen molar-refractivity contribution >= 4 is 75.0 Å². The molecule has 1 saturated heterocycles. The molecule has 0 bridgehead atoms. The van der Waals surface area contributed by atoms with Crippen molar-refractivity contribution in [3.8, 4) is 0 Å². The second-order valence-corrected chi connectivity index (χ2v) is 14.5. The number of nitrogens with one attached hydrogen (secondary N) is 2. The highest BCUT2D eigenvalue weighted by atomic mass is 127. The van der Waals surface area contributed by atoms with Crippen LogP contribution < -0.4 is 14.9 Å². The maximum atomic E-state index is 12.7. The van der Waals surface area contributed by atoms with E-state index in [9.17, 15) is 9.35 Å². The number of halogens is 2. The van der Waals surface area contributed by atoms with E-state index in [-0.39, 0.29) is 27.0 Å². The van der Waals surface area contributed by atoms with E-state index >= 15 is 0 Å². The van der Waals surface area contributed by atoms with Crippen LogP contribution in [0.3, 0.4) is 0 Å². The molecule has 2 fully saturated rings. The number of aromatic nitrogens is 3. The van der Waals surface area contributed by atoms with E-state index in [1.807, 2.05) is 20.8 Å². The van der Waals surface area contributed by atoms with Crippen LogP contribution in [-0.2, 0) is 11.4 Å². The van der Waals surface area contributed by atoms with Gasteiger partial charge in [0.2, 0.25) is 0 Å². The van der Waals surface area contributed by atoms with Crippen molar-refractivity contribution in [3.63, 3.8) is 0 Å². The van der Waals surface area contributed by atoms with Crippen molar-refractivity contribution in [2.45, 2.75) is 73.6 Å². The minimum Gasteiger partial charge on any atom is -0.598 e. The Morgan fingerprint density at radius 2 is 2.06 bits per heavy atom. The molecule has 4 rings (SSSR count). The summed E-state index contributed by atoms with van der Waals surface area (Å²) in [5.74, 6) is 0.926. The van der Waals surface area contributed by atoms with Gasteiger partial charge >= 0.3 is 6.09 Å². The minimum atomic E-state index is -1.23. The van der Waals surface area contributed by atoms with Crippen LogP contribution in [0.25, 0.3) is 0 Å². The number of hydrogen-bond donors (Lipinski definition) is 3. The second-order valence-electron chi connectivity index (χ2n) is 10.1. The number of rotatable bonds is 6. The van der Waals surface area contributed by atoms with Gasteiger partial charge in [-0.25, -0.2) is 19.7 Å². The predicted octanol–water partition coefficient (Wildman–Crippen LogP) is 5.56. The molecule has 2 atom stereocenters. The topological polar surface area (TPSA) is 126 Å². The van der Waals surface area contributed by atoms with Gasteiger partial charge in [-0.2, -0.15) is 0 Å². The summed E-state index contributed by atoms with van der Waals surface area (Å²) in [7, 11) is 0. The van der Waals surface area contributed by atoms with Gasteiger partial charge in [0.05, 0.1) is 17.3 Å². The van der Waals surface area contributed by atoms with Gasteiger partial charge in [-0.05, 0) is 80.5 Å². The molecule has 13 heteroatoms. The maximum absolute atomic E-state index is 12.7. The highest BCUT2D eigenvalue weighted by Crippen LogP contribution is 2.47. The van der Waals surface area contributed by atoms with Gasteiger partial charge in [-0.1, -0.05) is 29.8 Å². The fraction of sp³-hybridized carbons (Fsp3) is 0.565. The number of carboxylic acid groups (broad SMARTS) is 1. The first-order chi connectivity index (χ1) is 17.0. The molecular weight excluding hydrogens is 635 g/mol. The van der Waals surface area contributed by atoms with Crippen LogP contribution in [0.2, 0.25) is 5.02 Å². The third kappa shape index (κ3) is 6.32. The van der Waals surface area contributed by atoms with Gasteiger partial charge in [0.1, 0.15) is 19.3 Å². The van der Waals surface area contributed by atoms with Crippen LogP contribution in [0.5, 0.6) is 0 Å². The molecule has 1 spiro atoms. The molecule has 1 aliphatic heterocycles. The van der Waals surface area contributed by atoms with Crippen molar-refractivity contribution in [3.05, 3.63) is 27.2 Å². The Labute approximate surface area is 237 Å². The molecule has 196 valence electrons. The van der Waals surface area contributed by atoms with E-state index in [1.54, 1.807) is 12.3 Å². The molecule has 0 aromatic carbocycles. The quantitative estimate of drug-likeness (QED) is 0.269. The monoisotopic (exact) mass is 664 g/mol. The molecule has 1 aliphatic carbocycles. The summed E-state index contributed by atoms with van der Waals surface area (Å²) >= 11 is 8.77. The Hall–Kier alpha value is -1.06. The number of nitrogens with zero attached hydrogens (tertiary/aromatic N) is 4. The third-order valence-corrected chi connectivity index (χ3v) is 11.0. The maximum Gasteiger partial charge on any atom is 0.410 e. The number of carbonyl (C=O) groups is 1. The van der Waals surface area contributed by atoms with Gasteiger partial charge in [-0.15, -0.1) is 4.72 Å². The Bertz CT molecular complexity index is 1110. The first-order valence-electron chi connectivity index (χ1n) is 11.8. The molecule has 36 heavy (non-hydrogen) atoms. The Kier molecular flexibility index (Phi) is 8.82. The van der Waals surface area contributed by atoms with E-state index in [0.29, 0.717) is 9.92 Å². The van der Waals surface area contributed by atoms with Crippen molar-refractivity contribution in [1.29, 1.82) is 0 Å². The lowest BCUT2D eigenvalue weighted by Gasteiger charge is -2.44. The lowest BCUT2D eigenvalue weighted by molar-refractivity contribution is 0.186. The zero-order valence-corrected chi connectivity index (χ0v) is 24.9. The average molecular weight is 665 g/mol. The molecule has 3 heterocycles. The number of pyridine rings is 1. The SMILES string of the molecule is CC(C)(C)[S@@+]([O-])N[C@@H]1CCCC12CCN(c1cnc(Sc3ccnc(NC(=O)O)c3Cl)c(I)n1)CC2. The average Bonchev–Trinajstić information content (AvgIpc) is 3.18. The highest BCUT2D eigenvalue weighted by Gasteiger charge is 2.47. The summed E-state index contributed by atoms with van der Waals surface area (Å²) in [6, 6.07) is 2.00. The van der Waals surface area contributed by atoms with Crippen molar-refractivity contribution in [2.75, 3.05) is 23.3 Å². The van der Waals surface area contributed by atoms with Crippen molar-refractivity contribution < 1.29 is 14.5 Å². The Morgan fingerprint density at radius 3 is 2.69 bits per heavy atom. The number of amides is 1. The fourth-order valence-electron chi connectivity index (χ4n) is 4.77. The molecule has 3 N–H and O–H groups in total. The smallest absolute Gasteiger partial charge is 0.410 e. The molecule has 1 amide bonds. The number of hydrogen-bond acceptors (Lipinski definition) is 8. The predicted molar refractivity (Wildman–Crippen MR) is 152 cm³/mol. The molecule has 0 unspecified atom stereocenters.